The number of alkyl carbamates (subject to hydrolysis) is 1. The number of hydrogen-bond donors (Lipinski definition) is 7. The SMILES string of the molecule is CCCC1O[C@@H]2C[C@@H]3[C@](C)(C[C@H](O)[C@]4(F)[C@@]5(C)C=CC(=O)C=C5[C@@H](F)C[C@@]34F)[C@]2(C(=O)CNC(=O)OCc2ccc(NC(=O)[C@H](CCCNC(N)=O)NC(=O)[C@@H](N)C(C)C)cc2)O1. The quantitative estimate of drug-likeness (QED) is 0.118. The van der Waals surface area contributed by atoms with E-state index in [-0.39, 0.29) is 37.5 Å². The summed E-state index contributed by atoms with van der Waals surface area (Å²) in [7, 11) is 0. The van der Waals surface area contributed by atoms with Crippen molar-refractivity contribution in [2.45, 2.75) is 140 Å². The summed E-state index contributed by atoms with van der Waals surface area (Å²) in [6.45, 7) is 7.46. The molecule has 1 aromatic carbocycles. The van der Waals surface area contributed by atoms with E-state index in [4.69, 9.17) is 25.7 Å². The first-order chi connectivity index (χ1) is 29.6. The molecule has 4 fully saturated rings. The van der Waals surface area contributed by atoms with Gasteiger partial charge < -0.3 is 52.1 Å². The maximum absolute atomic E-state index is 18.0. The van der Waals surface area contributed by atoms with E-state index >= 15 is 13.2 Å². The number of ether oxygens (including phenoxy) is 3. The lowest BCUT2D eigenvalue weighted by Gasteiger charge is -2.65. The number of allylic oxidation sites excluding steroid dienone is 4. The average Bonchev–Trinajstić information content (AvgIpc) is 3.72. The number of halogens is 3. The van der Waals surface area contributed by atoms with Gasteiger partial charge in [-0.25, -0.2) is 22.8 Å². The van der Waals surface area contributed by atoms with E-state index in [1.807, 2.05) is 6.92 Å². The number of alkyl halides is 3. The zero-order valence-electron chi connectivity index (χ0n) is 36.1. The molecule has 1 unspecified atom stereocenters. The van der Waals surface area contributed by atoms with Crippen LogP contribution >= 0.6 is 0 Å². The van der Waals surface area contributed by atoms with Crippen LogP contribution in [0.3, 0.4) is 0 Å². The van der Waals surface area contributed by atoms with Crippen LogP contribution in [0.25, 0.3) is 0 Å². The first kappa shape index (κ1) is 47.6. The van der Waals surface area contributed by atoms with Crippen LogP contribution in [0.15, 0.2) is 48.1 Å². The summed E-state index contributed by atoms with van der Waals surface area (Å²) in [5.74, 6) is -3.91. The highest BCUT2D eigenvalue weighted by Crippen LogP contribution is 2.74. The van der Waals surface area contributed by atoms with E-state index in [1.165, 1.54) is 13.8 Å². The Labute approximate surface area is 363 Å². The van der Waals surface area contributed by atoms with Gasteiger partial charge in [-0.3, -0.25) is 19.2 Å². The summed E-state index contributed by atoms with van der Waals surface area (Å²) in [5, 5.41) is 22.0. The summed E-state index contributed by atoms with van der Waals surface area (Å²) < 4.78 is 69.8. The summed E-state index contributed by atoms with van der Waals surface area (Å²) >= 11 is 0. The van der Waals surface area contributed by atoms with Crippen LogP contribution in [0, 0.1) is 22.7 Å². The number of anilines is 1. The molecule has 5 aliphatic rings. The van der Waals surface area contributed by atoms with Crippen LogP contribution in [-0.4, -0.2) is 107 Å². The Morgan fingerprint density at radius 2 is 1.75 bits per heavy atom. The third kappa shape index (κ3) is 8.25. The minimum Gasteiger partial charge on any atom is -0.445 e. The molecule has 9 N–H and O–H groups in total. The molecule has 1 heterocycles. The Morgan fingerprint density at radius 1 is 1.05 bits per heavy atom. The van der Waals surface area contributed by atoms with Crippen molar-refractivity contribution in [1.82, 2.24) is 16.0 Å². The Hall–Kier alpha value is -4.85. The van der Waals surface area contributed by atoms with Gasteiger partial charge in [-0.15, -0.1) is 0 Å². The van der Waals surface area contributed by atoms with Crippen molar-refractivity contribution in [3.05, 3.63) is 53.6 Å². The molecule has 0 aromatic heterocycles. The summed E-state index contributed by atoms with van der Waals surface area (Å²) in [6.07, 6.45) is -4.26. The van der Waals surface area contributed by atoms with E-state index < -0.39 is 125 Å². The van der Waals surface area contributed by atoms with Gasteiger partial charge in [0.15, 0.2) is 34.8 Å². The Kier molecular flexibility index (Phi) is 13.6. The number of aliphatic hydroxyl groups excluding tert-OH is 1. The first-order valence-electron chi connectivity index (χ1n) is 21.5. The smallest absolute Gasteiger partial charge is 0.407 e. The number of rotatable bonds is 16. The van der Waals surface area contributed by atoms with Crippen LogP contribution in [0.1, 0.15) is 85.1 Å². The van der Waals surface area contributed by atoms with Crippen LogP contribution in [-0.2, 0) is 40.0 Å². The number of amides is 5. The zero-order valence-corrected chi connectivity index (χ0v) is 36.1. The van der Waals surface area contributed by atoms with E-state index in [2.05, 4.69) is 21.3 Å². The molecule has 12 atom stereocenters. The highest BCUT2D eigenvalue weighted by molar-refractivity contribution is 6.01. The summed E-state index contributed by atoms with van der Waals surface area (Å²) in [6, 6.07) is 3.69. The van der Waals surface area contributed by atoms with Crippen LogP contribution in [0.4, 0.5) is 28.4 Å². The number of Topliss-reactive ketones (excluding diaryl/α,β-unsaturated/α-hetero) is 1. The molecule has 0 bridgehead atoms. The van der Waals surface area contributed by atoms with Crippen LogP contribution in [0.5, 0.6) is 0 Å². The second kappa shape index (κ2) is 18.0. The van der Waals surface area contributed by atoms with Gasteiger partial charge in [0.05, 0.1) is 24.8 Å². The van der Waals surface area contributed by atoms with E-state index in [0.29, 0.717) is 30.5 Å². The van der Waals surface area contributed by atoms with E-state index in [0.717, 1.165) is 18.2 Å². The van der Waals surface area contributed by atoms with Crippen molar-refractivity contribution in [1.29, 1.82) is 0 Å². The highest BCUT2D eigenvalue weighted by Gasteiger charge is 2.85. The summed E-state index contributed by atoms with van der Waals surface area (Å²) in [5.41, 5.74) is -0.0225. The Bertz CT molecular complexity index is 2040. The number of carbonyl (C=O) groups is 6. The van der Waals surface area contributed by atoms with Gasteiger partial charge in [0.25, 0.3) is 0 Å². The molecule has 16 nitrogen and oxygen atoms in total. The molecule has 5 amide bonds. The molecule has 63 heavy (non-hydrogen) atoms. The lowest BCUT2D eigenvalue weighted by atomic mass is 9.43. The molecule has 4 aliphatic carbocycles. The molecule has 1 saturated heterocycles. The lowest BCUT2D eigenvalue weighted by Crippen LogP contribution is -2.77. The van der Waals surface area contributed by atoms with E-state index in [1.54, 1.807) is 38.1 Å². The molecule has 0 radical (unpaired) electrons. The normalized spacial score (nSPS) is 34.9. The molecule has 0 spiro atoms. The van der Waals surface area contributed by atoms with Gasteiger partial charge in [-0.05, 0) is 80.4 Å². The fourth-order valence-electron chi connectivity index (χ4n) is 10.7. The van der Waals surface area contributed by atoms with Crippen molar-refractivity contribution in [2.24, 2.45) is 34.1 Å². The monoisotopic (exact) mass is 888 g/mol. The number of primary amides is 1. The van der Waals surface area contributed by atoms with Gasteiger partial charge in [0.2, 0.25) is 11.8 Å². The Balaban J connectivity index is 1.11. The Morgan fingerprint density at radius 3 is 2.40 bits per heavy atom. The average molecular weight is 889 g/mol. The maximum Gasteiger partial charge on any atom is 0.407 e. The largest absolute Gasteiger partial charge is 0.445 e. The van der Waals surface area contributed by atoms with Crippen molar-refractivity contribution in [2.75, 3.05) is 18.4 Å². The topological polar surface area (TPSA) is 250 Å². The van der Waals surface area contributed by atoms with Gasteiger partial charge in [0.1, 0.15) is 18.8 Å². The van der Waals surface area contributed by atoms with Crippen molar-refractivity contribution < 1.29 is 61.3 Å². The van der Waals surface area contributed by atoms with E-state index in [9.17, 15) is 33.9 Å². The van der Waals surface area contributed by atoms with Crippen LogP contribution in [0.2, 0.25) is 0 Å². The number of hydrogen-bond acceptors (Lipinski definition) is 11. The lowest BCUT2D eigenvalue weighted by molar-refractivity contribution is -0.276. The second-order valence-corrected chi connectivity index (χ2v) is 18.2. The number of urea groups is 1. The molecule has 1 aromatic rings. The minimum atomic E-state index is -3.08. The maximum atomic E-state index is 18.0. The predicted octanol–water partition coefficient (Wildman–Crippen LogP) is 3.64. The fourth-order valence-corrected chi connectivity index (χ4v) is 10.7. The standard InChI is InChI=1S/C44H59F3N6O10/c1-6-8-34-62-33-18-30-41(5,20-31(55)44(47)40(4)15-14-26(54)17-27(40)28(45)19-42(30,44)46)43(33,63-34)32(56)21-51-39(60)61-22-24-10-12-25(13-11-24)52-36(57)29(9-7-16-50-38(49)59)53-37(58)35(48)23(2)3/h10-15,17,23,28-31,33-35,55H,6-9,16,18-22,48H2,1-5H3,(H,51,60)(H,52,57)(H,53,58)(H3,49,50,59)/t28-,29-,30+,31-,33+,34?,35-,40-,41-,42+,43+,44-/m0/s1. The number of fused-ring (bicyclic) bond motifs is 7. The molecule has 3 saturated carbocycles. The van der Waals surface area contributed by atoms with Gasteiger partial charge in [-0.1, -0.05) is 52.3 Å². The molecule has 1 aliphatic heterocycles. The fraction of sp³-hybridized carbons (Fsp3) is 0.636. The number of carbonyl (C=O) groups excluding carboxylic acids is 6. The predicted molar refractivity (Wildman–Crippen MR) is 222 cm³/mol. The number of aliphatic hydroxyl groups is 1. The van der Waals surface area contributed by atoms with Crippen LogP contribution < -0.4 is 32.7 Å². The third-order valence-electron chi connectivity index (χ3n) is 14.0. The van der Waals surface area contributed by atoms with Gasteiger partial charge in [0, 0.05) is 35.4 Å². The molecule has 19 heteroatoms. The van der Waals surface area contributed by atoms with Crippen molar-refractivity contribution in [3.63, 3.8) is 0 Å². The molecular weight excluding hydrogens is 830 g/mol. The number of benzene rings is 1. The molecule has 346 valence electrons. The zero-order chi connectivity index (χ0) is 46.3. The number of nitrogens with one attached hydrogen (secondary N) is 4. The summed E-state index contributed by atoms with van der Waals surface area (Å²) in [4.78, 5) is 76.7. The van der Waals surface area contributed by atoms with Gasteiger partial charge >= 0.3 is 12.1 Å². The first-order valence-corrected chi connectivity index (χ1v) is 21.5. The second-order valence-electron chi connectivity index (χ2n) is 18.2. The van der Waals surface area contributed by atoms with Gasteiger partial charge in [-0.2, -0.15) is 0 Å². The third-order valence-corrected chi connectivity index (χ3v) is 14.0. The van der Waals surface area contributed by atoms with Crippen molar-refractivity contribution in [3.8, 4) is 0 Å². The molecule has 6 rings (SSSR count). The molecular formula is C44H59F3N6O10. The van der Waals surface area contributed by atoms with Crippen molar-refractivity contribution >= 4 is 41.2 Å². The minimum absolute atomic E-state index is 0.169. The highest BCUT2D eigenvalue weighted by atomic mass is 19.2. The number of ketones is 2. The number of nitrogens with two attached hydrogens (primary N) is 2.